The van der Waals surface area contributed by atoms with E-state index in [2.05, 4.69) is 0 Å². The van der Waals surface area contributed by atoms with Crippen LogP contribution in [0.1, 0.15) is 46.0 Å². The van der Waals surface area contributed by atoms with E-state index < -0.39 is 17.7 Å². The quantitative estimate of drug-likeness (QED) is 0.646. The summed E-state index contributed by atoms with van der Waals surface area (Å²) >= 11 is 0. The maximum Gasteiger partial charge on any atom is 0.311 e. The Kier molecular flexibility index (Phi) is 2.93. The lowest BCUT2D eigenvalue weighted by atomic mass is 9.62. The maximum atomic E-state index is 11.9. The first kappa shape index (κ1) is 13.3. The maximum absolute atomic E-state index is 11.9. The third kappa shape index (κ3) is 1.90. The summed E-state index contributed by atoms with van der Waals surface area (Å²) in [5, 5.41) is 21.3. The minimum Gasteiger partial charge on any atom is -0.432 e. The van der Waals surface area contributed by atoms with E-state index in [1.54, 1.807) is 6.92 Å². The second kappa shape index (κ2) is 4.17. The standard InChI is InChI=1S/C14H22O5/c1-8-10-5-3-4-9-6-7-13(2,16)19-12(14(9,10)17)18-11(8)15/h8-10,12,16-17H,3-7H2,1-2H3/t8-,9?,10?,12-,13+,14-/m1/s1. The van der Waals surface area contributed by atoms with Crippen molar-refractivity contribution in [3.63, 3.8) is 0 Å². The molecule has 0 aromatic carbocycles. The lowest BCUT2D eigenvalue weighted by Gasteiger charge is -2.52. The second-order valence-electron chi connectivity index (χ2n) is 6.51. The summed E-state index contributed by atoms with van der Waals surface area (Å²) in [6.45, 7) is 3.38. The Morgan fingerprint density at radius 1 is 1.26 bits per heavy atom. The van der Waals surface area contributed by atoms with E-state index in [4.69, 9.17) is 9.47 Å². The summed E-state index contributed by atoms with van der Waals surface area (Å²) in [4.78, 5) is 11.9. The molecule has 3 rings (SSSR count). The molecule has 1 aliphatic carbocycles. The van der Waals surface area contributed by atoms with Gasteiger partial charge in [0, 0.05) is 12.3 Å². The van der Waals surface area contributed by atoms with Crippen molar-refractivity contribution in [3.8, 4) is 0 Å². The summed E-state index contributed by atoms with van der Waals surface area (Å²) in [6.07, 6.45) is 2.82. The van der Waals surface area contributed by atoms with Crippen molar-refractivity contribution in [1.82, 2.24) is 0 Å². The van der Waals surface area contributed by atoms with Gasteiger partial charge in [-0.3, -0.25) is 4.79 Å². The molecular formula is C14H22O5. The van der Waals surface area contributed by atoms with Gasteiger partial charge >= 0.3 is 5.97 Å². The first-order chi connectivity index (χ1) is 8.84. The van der Waals surface area contributed by atoms with Crippen molar-refractivity contribution in [1.29, 1.82) is 0 Å². The summed E-state index contributed by atoms with van der Waals surface area (Å²) in [6, 6.07) is 0. The van der Waals surface area contributed by atoms with Gasteiger partial charge in [-0.1, -0.05) is 13.3 Å². The highest BCUT2D eigenvalue weighted by Gasteiger charge is 2.62. The van der Waals surface area contributed by atoms with Crippen LogP contribution in [-0.2, 0) is 14.3 Å². The van der Waals surface area contributed by atoms with E-state index in [-0.39, 0.29) is 23.7 Å². The zero-order valence-corrected chi connectivity index (χ0v) is 11.5. The van der Waals surface area contributed by atoms with Crippen LogP contribution in [0.5, 0.6) is 0 Å². The van der Waals surface area contributed by atoms with Crippen LogP contribution < -0.4 is 0 Å². The number of hydrogen-bond acceptors (Lipinski definition) is 5. The summed E-state index contributed by atoms with van der Waals surface area (Å²) in [5.41, 5.74) is -1.15. The molecule has 0 bridgehead atoms. The molecule has 0 amide bonds. The second-order valence-corrected chi connectivity index (χ2v) is 6.51. The molecule has 1 saturated carbocycles. The van der Waals surface area contributed by atoms with Crippen LogP contribution >= 0.6 is 0 Å². The SMILES string of the molecule is C[C@H]1C(=O)O[C@@H]2O[C@](C)(O)CCC3CCCC1[C@]32O. The van der Waals surface area contributed by atoms with E-state index in [1.165, 1.54) is 0 Å². The van der Waals surface area contributed by atoms with Gasteiger partial charge in [0.25, 0.3) is 0 Å². The number of carbonyl (C=O) groups excluding carboxylic acids is 1. The van der Waals surface area contributed by atoms with Crippen molar-refractivity contribution < 1.29 is 24.5 Å². The van der Waals surface area contributed by atoms with Crippen LogP contribution in [0.4, 0.5) is 0 Å². The van der Waals surface area contributed by atoms with Crippen LogP contribution in [-0.4, -0.2) is 33.9 Å². The van der Waals surface area contributed by atoms with E-state index in [1.807, 2.05) is 6.92 Å². The average molecular weight is 270 g/mol. The van der Waals surface area contributed by atoms with Crippen molar-refractivity contribution in [3.05, 3.63) is 0 Å². The molecule has 2 saturated heterocycles. The van der Waals surface area contributed by atoms with Gasteiger partial charge in [-0.25, -0.2) is 0 Å². The third-order valence-electron chi connectivity index (χ3n) is 5.21. The van der Waals surface area contributed by atoms with Gasteiger partial charge in [0.15, 0.2) is 5.79 Å². The van der Waals surface area contributed by atoms with Crippen molar-refractivity contribution in [2.24, 2.45) is 17.8 Å². The highest BCUT2D eigenvalue weighted by Crippen LogP contribution is 2.52. The van der Waals surface area contributed by atoms with Crippen molar-refractivity contribution >= 4 is 5.97 Å². The highest BCUT2D eigenvalue weighted by atomic mass is 16.8. The van der Waals surface area contributed by atoms with Crippen LogP contribution in [0, 0.1) is 17.8 Å². The number of rotatable bonds is 0. The minimum atomic E-state index is -1.34. The average Bonchev–Trinajstić information content (AvgIpc) is 2.42. The Morgan fingerprint density at radius 3 is 2.74 bits per heavy atom. The van der Waals surface area contributed by atoms with Crippen molar-refractivity contribution in [2.75, 3.05) is 0 Å². The van der Waals surface area contributed by atoms with E-state index in [9.17, 15) is 15.0 Å². The molecular weight excluding hydrogens is 248 g/mol. The number of carbonyl (C=O) groups is 1. The number of esters is 1. The Balaban J connectivity index is 2.01. The molecule has 0 aromatic rings. The first-order valence-electron chi connectivity index (χ1n) is 7.17. The molecule has 108 valence electrons. The molecule has 5 nitrogen and oxygen atoms in total. The van der Waals surface area contributed by atoms with Gasteiger partial charge in [-0.2, -0.15) is 0 Å². The summed E-state index contributed by atoms with van der Waals surface area (Å²) < 4.78 is 10.8. The van der Waals surface area contributed by atoms with Crippen LogP contribution in [0.15, 0.2) is 0 Å². The lowest BCUT2D eigenvalue weighted by molar-refractivity contribution is -0.343. The molecule has 3 aliphatic rings. The summed E-state index contributed by atoms with van der Waals surface area (Å²) in [7, 11) is 0. The summed E-state index contributed by atoms with van der Waals surface area (Å²) in [5.74, 6) is -2.09. The number of aliphatic hydroxyl groups is 2. The Labute approximate surface area is 112 Å². The zero-order chi connectivity index (χ0) is 13.8. The first-order valence-corrected chi connectivity index (χ1v) is 7.17. The molecule has 3 fully saturated rings. The Bertz CT molecular complexity index is 393. The van der Waals surface area contributed by atoms with E-state index in [0.29, 0.717) is 12.8 Å². The fourth-order valence-electron chi connectivity index (χ4n) is 4.06. The Morgan fingerprint density at radius 2 is 2.00 bits per heavy atom. The van der Waals surface area contributed by atoms with Crippen molar-refractivity contribution in [2.45, 2.75) is 63.6 Å². The van der Waals surface area contributed by atoms with Gasteiger partial charge in [0.2, 0.25) is 6.29 Å². The fourth-order valence-corrected chi connectivity index (χ4v) is 4.06. The molecule has 0 aromatic heterocycles. The number of hydrogen-bond donors (Lipinski definition) is 2. The molecule has 5 heteroatoms. The smallest absolute Gasteiger partial charge is 0.311 e. The molecule has 2 N–H and O–H groups in total. The molecule has 19 heavy (non-hydrogen) atoms. The largest absolute Gasteiger partial charge is 0.432 e. The topological polar surface area (TPSA) is 76.0 Å². The molecule has 2 aliphatic heterocycles. The Hall–Kier alpha value is -0.650. The predicted molar refractivity (Wildman–Crippen MR) is 65.8 cm³/mol. The third-order valence-corrected chi connectivity index (χ3v) is 5.21. The minimum absolute atomic E-state index is 0.0285. The predicted octanol–water partition coefficient (Wildman–Crippen LogP) is 1.17. The molecule has 0 radical (unpaired) electrons. The molecule has 2 unspecified atom stereocenters. The molecule has 0 spiro atoms. The van der Waals surface area contributed by atoms with Gasteiger partial charge < -0.3 is 19.7 Å². The molecule has 2 heterocycles. The van der Waals surface area contributed by atoms with Gasteiger partial charge in [-0.05, 0) is 32.1 Å². The van der Waals surface area contributed by atoms with Gasteiger partial charge in [0.1, 0.15) is 5.60 Å². The lowest BCUT2D eigenvalue weighted by Crippen LogP contribution is -2.64. The van der Waals surface area contributed by atoms with Crippen LogP contribution in [0.2, 0.25) is 0 Å². The van der Waals surface area contributed by atoms with Crippen LogP contribution in [0.25, 0.3) is 0 Å². The fraction of sp³-hybridized carbons (Fsp3) is 0.929. The zero-order valence-electron chi connectivity index (χ0n) is 11.5. The normalized spacial score (nSPS) is 54.0. The number of ether oxygens (including phenoxy) is 2. The monoisotopic (exact) mass is 270 g/mol. The van der Waals surface area contributed by atoms with E-state index >= 15 is 0 Å². The van der Waals surface area contributed by atoms with Gasteiger partial charge in [-0.15, -0.1) is 0 Å². The van der Waals surface area contributed by atoms with E-state index in [0.717, 1.165) is 19.3 Å². The highest BCUT2D eigenvalue weighted by molar-refractivity contribution is 5.74. The molecule has 6 atom stereocenters. The van der Waals surface area contributed by atoms with Gasteiger partial charge in [0.05, 0.1) is 5.92 Å². The van der Waals surface area contributed by atoms with Crippen LogP contribution in [0.3, 0.4) is 0 Å².